The number of benzene rings is 1. The Morgan fingerprint density at radius 1 is 1.21 bits per heavy atom. The van der Waals surface area contributed by atoms with Crippen molar-refractivity contribution in [2.45, 2.75) is 52.3 Å². The molecule has 0 bridgehead atoms. The maximum Gasteiger partial charge on any atom is 0.274 e. The molecule has 1 aliphatic rings. The van der Waals surface area contributed by atoms with Gasteiger partial charge in [-0.3, -0.25) is 9.59 Å². The number of fused-ring (bicyclic) bond motifs is 1. The van der Waals surface area contributed by atoms with Gasteiger partial charge >= 0.3 is 0 Å². The van der Waals surface area contributed by atoms with Gasteiger partial charge in [-0.05, 0) is 45.4 Å². The quantitative estimate of drug-likeness (QED) is 0.548. The first-order chi connectivity index (χ1) is 16.2. The Morgan fingerprint density at radius 3 is 2.56 bits per heavy atom. The third kappa shape index (κ3) is 4.47. The van der Waals surface area contributed by atoms with Crippen molar-refractivity contribution in [1.82, 2.24) is 19.7 Å². The third-order valence-electron chi connectivity index (χ3n) is 5.98. The van der Waals surface area contributed by atoms with E-state index in [1.807, 2.05) is 27.7 Å². The van der Waals surface area contributed by atoms with Gasteiger partial charge in [-0.25, -0.2) is 4.39 Å². The summed E-state index contributed by atoms with van der Waals surface area (Å²) < 4.78 is 20.7. The minimum atomic E-state index is -0.669. The predicted molar refractivity (Wildman–Crippen MR) is 127 cm³/mol. The molecule has 0 unspecified atom stereocenters. The smallest absolute Gasteiger partial charge is 0.274 e. The van der Waals surface area contributed by atoms with Gasteiger partial charge in [-0.2, -0.15) is 0 Å². The second-order valence-electron chi connectivity index (χ2n) is 8.56. The SMILES string of the molecule is CCO[C@@H](C)[C@@H]1CN(C(C)C)C(=O)c2c(O)c(=O)c(-c3nnc(Cc4ccc(F)cc4)s3)cn21. The molecule has 0 fully saturated rings. The molecule has 3 aromatic rings. The lowest BCUT2D eigenvalue weighted by Gasteiger charge is -2.40. The molecule has 1 N–H and O–H groups in total. The third-order valence-corrected chi connectivity index (χ3v) is 6.93. The molecule has 2 aromatic heterocycles. The zero-order valence-electron chi connectivity index (χ0n) is 19.5. The highest BCUT2D eigenvalue weighted by atomic mass is 32.1. The molecule has 4 rings (SSSR count). The van der Waals surface area contributed by atoms with Crippen LogP contribution in [0.15, 0.2) is 35.3 Å². The molecule has 10 heteroatoms. The number of aromatic hydroxyl groups is 1. The van der Waals surface area contributed by atoms with E-state index < -0.39 is 17.1 Å². The van der Waals surface area contributed by atoms with Gasteiger partial charge in [0.05, 0.1) is 17.7 Å². The average Bonchev–Trinajstić information content (AvgIpc) is 3.25. The number of amides is 1. The van der Waals surface area contributed by atoms with Crippen molar-refractivity contribution in [3.63, 3.8) is 0 Å². The Bertz CT molecular complexity index is 1250. The van der Waals surface area contributed by atoms with E-state index in [0.29, 0.717) is 29.6 Å². The molecule has 1 amide bonds. The predicted octanol–water partition coefficient (Wildman–Crippen LogP) is 3.63. The molecule has 1 aliphatic heterocycles. The summed E-state index contributed by atoms with van der Waals surface area (Å²) in [4.78, 5) is 27.9. The Kier molecular flexibility index (Phi) is 6.81. The van der Waals surface area contributed by atoms with Crippen LogP contribution in [0, 0.1) is 5.82 Å². The van der Waals surface area contributed by atoms with Gasteiger partial charge in [-0.1, -0.05) is 23.5 Å². The van der Waals surface area contributed by atoms with E-state index in [-0.39, 0.29) is 35.3 Å². The van der Waals surface area contributed by atoms with Crippen LogP contribution in [-0.2, 0) is 11.2 Å². The van der Waals surface area contributed by atoms with Crippen molar-refractivity contribution in [2.24, 2.45) is 0 Å². The number of pyridine rings is 1. The fraction of sp³-hybridized carbons (Fsp3) is 0.417. The number of hydrogen-bond donors (Lipinski definition) is 1. The van der Waals surface area contributed by atoms with Crippen LogP contribution in [0.5, 0.6) is 5.75 Å². The van der Waals surface area contributed by atoms with Crippen molar-refractivity contribution < 1.29 is 19.0 Å². The van der Waals surface area contributed by atoms with Crippen LogP contribution in [0.25, 0.3) is 10.6 Å². The van der Waals surface area contributed by atoms with Gasteiger partial charge in [0, 0.05) is 31.8 Å². The van der Waals surface area contributed by atoms with Gasteiger partial charge in [-0.15, -0.1) is 10.2 Å². The van der Waals surface area contributed by atoms with E-state index in [1.165, 1.54) is 23.5 Å². The normalized spacial score (nSPS) is 16.7. The van der Waals surface area contributed by atoms with Crippen LogP contribution >= 0.6 is 11.3 Å². The lowest BCUT2D eigenvalue weighted by molar-refractivity contribution is 0.00998. The number of rotatable bonds is 7. The van der Waals surface area contributed by atoms with Gasteiger partial charge in [0.1, 0.15) is 10.8 Å². The second-order valence-corrected chi connectivity index (χ2v) is 9.62. The Labute approximate surface area is 200 Å². The van der Waals surface area contributed by atoms with Gasteiger partial charge < -0.3 is 19.3 Å². The number of ether oxygens (including phenoxy) is 1. The number of aromatic nitrogens is 3. The largest absolute Gasteiger partial charge is 0.503 e. The first-order valence-corrected chi connectivity index (χ1v) is 12.0. The number of carbonyl (C=O) groups is 1. The van der Waals surface area contributed by atoms with Gasteiger partial charge in [0.15, 0.2) is 16.5 Å². The summed E-state index contributed by atoms with van der Waals surface area (Å²) >= 11 is 1.22. The van der Waals surface area contributed by atoms with Gasteiger partial charge in [0.2, 0.25) is 5.43 Å². The highest BCUT2D eigenvalue weighted by molar-refractivity contribution is 7.14. The molecule has 0 spiro atoms. The summed E-state index contributed by atoms with van der Waals surface area (Å²) in [6.45, 7) is 8.46. The molecule has 0 saturated heterocycles. The van der Waals surface area contributed by atoms with Crippen LogP contribution in [0.2, 0.25) is 0 Å². The van der Waals surface area contributed by atoms with Crippen molar-refractivity contribution in [3.8, 4) is 16.3 Å². The lowest BCUT2D eigenvalue weighted by Crippen LogP contribution is -2.50. The fourth-order valence-corrected chi connectivity index (χ4v) is 5.04. The first-order valence-electron chi connectivity index (χ1n) is 11.2. The number of halogens is 1. The van der Waals surface area contributed by atoms with E-state index in [1.54, 1.807) is 27.8 Å². The molecule has 0 aliphatic carbocycles. The molecule has 3 heterocycles. The zero-order chi connectivity index (χ0) is 24.6. The summed E-state index contributed by atoms with van der Waals surface area (Å²) in [5.41, 5.74) is 0.321. The van der Waals surface area contributed by atoms with Crippen molar-refractivity contribution in [2.75, 3.05) is 13.2 Å². The standard InChI is InChI=1S/C24H27FN4O4S/c1-5-33-14(4)18-12-28(13(2)3)24(32)20-22(31)21(30)17(11-29(18)20)23-27-26-19(34-23)10-15-6-8-16(25)9-7-15/h6-9,11,13-14,18,31H,5,10,12H2,1-4H3/t14-,18-/m0/s1. The van der Waals surface area contributed by atoms with Crippen molar-refractivity contribution in [3.05, 3.63) is 62.8 Å². The minimum Gasteiger partial charge on any atom is -0.503 e. The fourth-order valence-electron chi connectivity index (χ4n) is 4.16. The van der Waals surface area contributed by atoms with Crippen LogP contribution in [0.3, 0.4) is 0 Å². The summed E-state index contributed by atoms with van der Waals surface area (Å²) in [5.74, 6) is -1.32. The van der Waals surface area contributed by atoms with E-state index in [9.17, 15) is 19.1 Å². The molecule has 34 heavy (non-hydrogen) atoms. The summed E-state index contributed by atoms with van der Waals surface area (Å²) in [7, 11) is 0. The number of hydrogen-bond acceptors (Lipinski definition) is 7. The summed E-state index contributed by atoms with van der Waals surface area (Å²) in [6, 6.07) is 5.68. The molecule has 0 saturated carbocycles. The topological polar surface area (TPSA) is 97.6 Å². The van der Waals surface area contributed by atoms with Crippen LogP contribution < -0.4 is 5.43 Å². The maximum atomic E-state index is 13.2. The van der Waals surface area contributed by atoms with E-state index >= 15 is 0 Å². The summed E-state index contributed by atoms with van der Waals surface area (Å²) in [5, 5.41) is 20.2. The highest BCUT2D eigenvalue weighted by Crippen LogP contribution is 2.33. The van der Waals surface area contributed by atoms with Crippen molar-refractivity contribution >= 4 is 17.2 Å². The molecule has 8 nitrogen and oxygen atoms in total. The molecular formula is C24H27FN4O4S. The van der Waals surface area contributed by atoms with E-state index in [0.717, 1.165) is 5.56 Å². The lowest BCUT2D eigenvalue weighted by atomic mass is 10.0. The summed E-state index contributed by atoms with van der Waals surface area (Å²) in [6.07, 6.45) is 1.74. The maximum absolute atomic E-state index is 13.2. The van der Waals surface area contributed by atoms with E-state index in [4.69, 9.17) is 4.74 Å². The van der Waals surface area contributed by atoms with Gasteiger partial charge in [0.25, 0.3) is 5.91 Å². The van der Waals surface area contributed by atoms with Crippen molar-refractivity contribution in [1.29, 1.82) is 0 Å². The van der Waals surface area contributed by atoms with Crippen LogP contribution in [0.1, 0.15) is 54.8 Å². The highest BCUT2D eigenvalue weighted by Gasteiger charge is 2.38. The second kappa shape index (κ2) is 9.63. The molecule has 0 radical (unpaired) electrons. The Hall–Kier alpha value is -3.11. The number of nitrogens with zero attached hydrogens (tertiary/aromatic N) is 4. The Balaban J connectivity index is 1.76. The monoisotopic (exact) mass is 486 g/mol. The molecular weight excluding hydrogens is 459 g/mol. The molecule has 180 valence electrons. The van der Waals surface area contributed by atoms with Crippen LogP contribution in [0.4, 0.5) is 4.39 Å². The minimum absolute atomic E-state index is 0.0405. The Morgan fingerprint density at radius 2 is 1.91 bits per heavy atom. The first kappa shape index (κ1) is 24.0. The van der Waals surface area contributed by atoms with Crippen LogP contribution in [-0.4, -0.2) is 56.0 Å². The number of carbonyl (C=O) groups excluding carboxylic acids is 1. The molecule has 2 atom stereocenters. The van der Waals surface area contributed by atoms with E-state index in [2.05, 4.69) is 10.2 Å². The molecule has 1 aromatic carbocycles. The average molecular weight is 487 g/mol. The zero-order valence-corrected chi connectivity index (χ0v) is 20.3.